The minimum absolute atomic E-state index is 0.164. The number of carbonyl (C=O) groups is 6. The molecule has 0 radical (unpaired) electrons. The van der Waals surface area contributed by atoms with Gasteiger partial charge in [0.15, 0.2) is 16.6 Å². The molecule has 0 aliphatic rings. The molecule has 0 fully saturated rings. The number of nitrogens with one attached hydrogen (secondary N) is 2. The molecule has 1 aromatic rings. The fourth-order valence-corrected chi connectivity index (χ4v) is 20.2. The van der Waals surface area contributed by atoms with Crippen LogP contribution in [0.25, 0.3) is 0 Å². The molecular formula is C38H62N2O12Si3. The highest BCUT2D eigenvalue weighted by Crippen LogP contribution is 2.28. The van der Waals surface area contributed by atoms with E-state index in [1.807, 2.05) is 0 Å². The molecule has 2 unspecified atom stereocenters. The second-order valence-electron chi connectivity index (χ2n) is 14.6. The molecule has 0 bridgehead atoms. The van der Waals surface area contributed by atoms with Crippen LogP contribution in [0.1, 0.15) is 62.0 Å². The van der Waals surface area contributed by atoms with Crippen molar-refractivity contribution in [3.05, 3.63) is 60.7 Å². The second-order valence-corrected chi connectivity index (χ2v) is 27.1. The zero-order valence-electron chi connectivity index (χ0n) is 33.9. The number of unbranched alkanes of at least 4 members (excludes halogenated alkanes) is 1. The van der Waals surface area contributed by atoms with Gasteiger partial charge in [-0.3, -0.25) is 19.2 Å². The third kappa shape index (κ3) is 20.5. The Morgan fingerprint density at radius 3 is 1.45 bits per heavy atom. The number of likely N-dealkylation sites (N-methyl/N-ethyl adjacent to an activating group) is 1. The van der Waals surface area contributed by atoms with Crippen molar-refractivity contribution in [3.8, 4) is 0 Å². The van der Waals surface area contributed by atoms with Gasteiger partial charge in [-0.15, -0.1) is 0 Å². The lowest BCUT2D eigenvalue weighted by Gasteiger charge is -2.38. The Hall–Kier alpha value is -3.91. The van der Waals surface area contributed by atoms with E-state index >= 15 is 0 Å². The monoisotopic (exact) mass is 822 g/mol. The Bertz CT molecular complexity index is 1450. The number of amides is 2. The number of hydrogen-bond donors (Lipinski definition) is 2. The van der Waals surface area contributed by atoms with E-state index in [9.17, 15) is 28.8 Å². The summed E-state index contributed by atoms with van der Waals surface area (Å²) in [5, 5.41) is 5.51. The summed E-state index contributed by atoms with van der Waals surface area (Å²) >= 11 is 0. The minimum atomic E-state index is -2.37. The average Bonchev–Trinajstić information content (AvgIpc) is 3.12. The maximum absolute atomic E-state index is 13.6. The van der Waals surface area contributed by atoms with Crippen LogP contribution in [0, 0.1) is 0 Å². The molecule has 0 aliphatic heterocycles. The molecule has 0 aromatic heterocycles. The third-order valence-corrected chi connectivity index (χ3v) is 19.8. The fraction of sp³-hybridized carbons (Fsp3) is 0.579. The molecule has 1 aromatic carbocycles. The first-order valence-electron chi connectivity index (χ1n) is 18.7. The van der Waals surface area contributed by atoms with Gasteiger partial charge in [0, 0.05) is 25.7 Å². The van der Waals surface area contributed by atoms with Crippen molar-refractivity contribution in [1.82, 2.24) is 10.6 Å². The summed E-state index contributed by atoms with van der Waals surface area (Å²) in [5.74, 6) is -5.37. The molecule has 17 heteroatoms. The van der Waals surface area contributed by atoms with E-state index < -0.39 is 72.7 Å². The second kappa shape index (κ2) is 24.6. The van der Waals surface area contributed by atoms with Crippen LogP contribution in [0.2, 0.25) is 51.4 Å². The first kappa shape index (κ1) is 49.1. The highest BCUT2D eigenvalue weighted by atomic mass is 28.5. The first-order chi connectivity index (χ1) is 25.8. The quantitative estimate of drug-likeness (QED) is 0.0381. The number of hydrogen-bond acceptors (Lipinski definition) is 12. The van der Waals surface area contributed by atoms with E-state index in [1.54, 1.807) is 24.3 Å². The van der Waals surface area contributed by atoms with Crippen LogP contribution in [0.5, 0.6) is 0 Å². The molecule has 0 saturated carbocycles. The number of carbonyl (C=O) groups excluding carboxylic acids is 6. The molecule has 1 rings (SSSR count). The minimum Gasteiger partial charge on any atom is -0.462 e. The van der Waals surface area contributed by atoms with Gasteiger partial charge in [-0.05, 0) is 68.9 Å². The van der Waals surface area contributed by atoms with Crippen molar-refractivity contribution in [3.63, 3.8) is 0 Å². The lowest BCUT2D eigenvalue weighted by Crippen LogP contribution is -2.52. The van der Waals surface area contributed by atoms with Crippen molar-refractivity contribution >= 4 is 60.9 Å². The fourth-order valence-electron chi connectivity index (χ4n) is 5.93. The standard InChI is InChI=1S/C38H62N2O12Si3/c1-11-14-25-53(5,6)51-55(9,10)52-54(7,8)26-15-20-40-38(46)32(28-36(44)50-24-22-48-34(42)13-3)30-18-16-29(17-19-30)31(37(45)39-4)27-35(43)49-23-21-47-33(41)12-2/h12-13,16-19,31-32H,2-3,11,14-15,20-28H2,1,4-10H3,(H,39,45)(H,40,46). The molecule has 14 nitrogen and oxygen atoms in total. The van der Waals surface area contributed by atoms with Gasteiger partial charge < -0.3 is 37.8 Å². The summed E-state index contributed by atoms with van der Waals surface area (Å²) in [6.07, 6.45) is 4.32. The highest BCUT2D eigenvalue weighted by Gasteiger charge is 2.39. The van der Waals surface area contributed by atoms with Gasteiger partial charge in [0.1, 0.15) is 26.4 Å². The van der Waals surface area contributed by atoms with Crippen LogP contribution in [0.4, 0.5) is 0 Å². The summed E-state index contributed by atoms with van der Waals surface area (Å²) < 4.78 is 33.4. The first-order valence-corrected chi connectivity index (χ1v) is 27.7. The van der Waals surface area contributed by atoms with Crippen LogP contribution < -0.4 is 10.6 Å². The Morgan fingerprint density at radius 2 is 1.05 bits per heavy atom. The molecule has 308 valence electrons. The van der Waals surface area contributed by atoms with E-state index in [1.165, 1.54) is 7.05 Å². The summed E-state index contributed by atoms with van der Waals surface area (Å²) in [7, 11) is -4.92. The Balaban J connectivity index is 3.06. The van der Waals surface area contributed by atoms with Crippen LogP contribution in [-0.2, 0) is 55.9 Å². The van der Waals surface area contributed by atoms with Crippen molar-refractivity contribution in [2.24, 2.45) is 0 Å². The zero-order chi connectivity index (χ0) is 41.7. The Labute approximate surface area is 329 Å². The van der Waals surface area contributed by atoms with Gasteiger partial charge in [0.25, 0.3) is 0 Å². The van der Waals surface area contributed by atoms with Crippen LogP contribution >= 0.6 is 0 Å². The van der Waals surface area contributed by atoms with E-state index in [2.05, 4.69) is 70.0 Å². The molecule has 2 amide bonds. The van der Waals surface area contributed by atoms with E-state index in [-0.39, 0.29) is 39.3 Å². The lowest BCUT2D eigenvalue weighted by molar-refractivity contribution is -0.150. The average molecular weight is 823 g/mol. The summed E-state index contributed by atoms with van der Waals surface area (Å²) in [4.78, 5) is 74.4. The van der Waals surface area contributed by atoms with Gasteiger partial charge >= 0.3 is 32.4 Å². The number of esters is 4. The topological polar surface area (TPSA) is 182 Å². The number of benzene rings is 1. The molecular weight excluding hydrogens is 761 g/mol. The van der Waals surface area contributed by atoms with E-state index in [0.717, 1.165) is 37.1 Å². The van der Waals surface area contributed by atoms with Crippen molar-refractivity contribution in [2.75, 3.05) is 40.0 Å². The normalized spacial score (nSPS) is 12.7. The maximum atomic E-state index is 13.6. The zero-order valence-corrected chi connectivity index (χ0v) is 36.9. The number of ether oxygens (including phenoxy) is 4. The maximum Gasteiger partial charge on any atom is 0.330 e. The lowest BCUT2D eigenvalue weighted by atomic mass is 9.89. The molecule has 0 spiro atoms. The highest BCUT2D eigenvalue weighted by molar-refractivity contribution is 6.87. The summed E-state index contributed by atoms with van der Waals surface area (Å²) in [6, 6.07) is 8.35. The van der Waals surface area contributed by atoms with Gasteiger partial charge in [-0.1, -0.05) is 57.2 Å². The molecule has 2 atom stereocenters. The smallest absolute Gasteiger partial charge is 0.330 e. The van der Waals surface area contributed by atoms with Crippen molar-refractivity contribution in [2.45, 2.75) is 102 Å². The molecule has 0 saturated heterocycles. The molecule has 55 heavy (non-hydrogen) atoms. The molecule has 2 N–H and O–H groups in total. The van der Waals surface area contributed by atoms with Crippen LogP contribution in [0.3, 0.4) is 0 Å². The number of rotatable bonds is 27. The molecule has 0 heterocycles. The summed E-state index contributed by atoms with van der Waals surface area (Å²) in [6.45, 7) is 21.4. The molecule has 0 aliphatic carbocycles. The van der Waals surface area contributed by atoms with Gasteiger partial charge in [-0.2, -0.15) is 0 Å². The predicted molar refractivity (Wildman–Crippen MR) is 216 cm³/mol. The summed E-state index contributed by atoms with van der Waals surface area (Å²) in [5.41, 5.74) is 0.958. The van der Waals surface area contributed by atoms with E-state index in [4.69, 9.17) is 27.2 Å². The van der Waals surface area contributed by atoms with Gasteiger partial charge in [0.05, 0.1) is 24.7 Å². The SMILES string of the molecule is C=CC(=O)OCCOC(=O)CC(C(=O)NC)c1ccc(C(CC(=O)OCCOC(=O)C=C)C(=O)NCCC[Si](C)(C)O[Si](C)(C)O[Si](C)(C)CCCC)cc1. The Morgan fingerprint density at radius 1 is 0.655 bits per heavy atom. The largest absolute Gasteiger partial charge is 0.462 e. The van der Waals surface area contributed by atoms with Crippen molar-refractivity contribution in [1.29, 1.82) is 0 Å². The van der Waals surface area contributed by atoms with Gasteiger partial charge in [0.2, 0.25) is 11.8 Å². The van der Waals surface area contributed by atoms with E-state index in [0.29, 0.717) is 24.1 Å². The third-order valence-electron chi connectivity index (χ3n) is 8.31. The van der Waals surface area contributed by atoms with Crippen LogP contribution in [0.15, 0.2) is 49.6 Å². The van der Waals surface area contributed by atoms with Crippen LogP contribution in [-0.4, -0.2) is 101 Å². The Kier molecular flexibility index (Phi) is 21.9. The van der Waals surface area contributed by atoms with Crippen molar-refractivity contribution < 1.29 is 55.9 Å². The predicted octanol–water partition coefficient (Wildman–Crippen LogP) is 5.38. The van der Waals surface area contributed by atoms with Gasteiger partial charge in [-0.25, -0.2) is 9.59 Å².